The van der Waals surface area contributed by atoms with Crippen molar-refractivity contribution in [1.82, 2.24) is 4.90 Å². The Balaban J connectivity index is 2.21. The van der Waals surface area contributed by atoms with Crippen LogP contribution in [0.2, 0.25) is 0 Å². The van der Waals surface area contributed by atoms with Crippen LogP contribution >= 0.6 is 0 Å². The van der Waals surface area contributed by atoms with Crippen LogP contribution in [0, 0.1) is 17.8 Å². The summed E-state index contributed by atoms with van der Waals surface area (Å²) in [6, 6.07) is 10.1. The number of amides is 1. The Morgan fingerprint density at radius 2 is 1.85 bits per heavy atom. The molecule has 1 amide bonds. The van der Waals surface area contributed by atoms with Crippen LogP contribution in [0.25, 0.3) is 0 Å². The highest BCUT2D eigenvalue weighted by Crippen LogP contribution is 2.34. The van der Waals surface area contributed by atoms with Crippen molar-refractivity contribution in [3.8, 4) is 0 Å². The molecule has 2 rings (SSSR count). The van der Waals surface area contributed by atoms with Crippen LogP contribution in [0.15, 0.2) is 30.3 Å². The number of carbonyl (C=O) groups is 2. The number of methoxy groups -OCH3 is 1. The molecule has 1 aliphatic rings. The lowest BCUT2D eigenvalue weighted by atomic mass is 9.80. The topological polar surface area (TPSA) is 55.8 Å². The van der Waals surface area contributed by atoms with Gasteiger partial charge in [0.15, 0.2) is 0 Å². The summed E-state index contributed by atoms with van der Waals surface area (Å²) in [6.45, 7) is 10.4. The zero-order valence-corrected chi connectivity index (χ0v) is 17.4. The van der Waals surface area contributed by atoms with Crippen molar-refractivity contribution in [2.24, 2.45) is 17.8 Å². The monoisotopic (exact) mass is 375 g/mol. The maximum absolute atomic E-state index is 13.5. The van der Waals surface area contributed by atoms with Crippen LogP contribution in [0.5, 0.6) is 0 Å². The molecule has 1 saturated heterocycles. The summed E-state index contributed by atoms with van der Waals surface area (Å²) in [6.07, 6.45) is 1.01. The minimum Gasteiger partial charge on any atom is -0.469 e. The molecule has 0 saturated carbocycles. The predicted octanol–water partition coefficient (Wildman–Crippen LogP) is 3.66. The molecule has 0 aromatic heterocycles. The third-order valence-electron chi connectivity index (χ3n) is 5.64. The van der Waals surface area contributed by atoms with E-state index in [0.717, 1.165) is 6.42 Å². The lowest BCUT2D eigenvalue weighted by Gasteiger charge is -2.38. The number of esters is 1. The van der Waals surface area contributed by atoms with E-state index in [1.165, 1.54) is 12.7 Å². The van der Waals surface area contributed by atoms with Gasteiger partial charge >= 0.3 is 5.97 Å². The predicted molar refractivity (Wildman–Crippen MR) is 105 cm³/mol. The largest absolute Gasteiger partial charge is 0.469 e. The third-order valence-corrected chi connectivity index (χ3v) is 5.64. The van der Waals surface area contributed by atoms with E-state index in [4.69, 9.17) is 9.47 Å². The SMILES string of the molecule is COC(=O)C[C@@H](C(C)C)[C@@H](C)C(=O)N1[C@@H](Cc2ccccc2)COC1(C)C. The van der Waals surface area contributed by atoms with Crippen LogP contribution in [0.3, 0.4) is 0 Å². The summed E-state index contributed by atoms with van der Waals surface area (Å²) < 4.78 is 10.8. The summed E-state index contributed by atoms with van der Waals surface area (Å²) in [4.78, 5) is 27.2. The number of ether oxygens (including phenoxy) is 2. The highest BCUT2D eigenvalue weighted by atomic mass is 16.5. The van der Waals surface area contributed by atoms with Crippen molar-refractivity contribution in [3.63, 3.8) is 0 Å². The highest BCUT2D eigenvalue weighted by molar-refractivity contribution is 5.81. The van der Waals surface area contributed by atoms with Gasteiger partial charge in [0.05, 0.1) is 19.8 Å². The van der Waals surface area contributed by atoms with E-state index in [1.807, 2.05) is 57.7 Å². The van der Waals surface area contributed by atoms with Gasteiger partial charge in [0.2, 0.25) is 5.91 Å². The standard InChI is InChI=1S/C22H33NO4/c1-15(2)19(13-20(24)26-6)16(3)21(25)23-18(14-27-22(23,4)5)12-17-10-8-7-9-11-17/h7-11,15-16,18-19H,12-14H2,1-6H3/t16-,18+,19+/m1/s1. The average molecular weight is 376 g/mol. The second kappa shape index (κ2) is 8.87. The van der Waals surface area contributed by atoms with Gasteiger partial charge < -0.3 is 14.4 Å². The number of benzene rings is 1. The normalized spacial score (nSPS) is 21.1. The Morgan fingerprint density at radius 1 is 1.22 bits per heavy atom. The maximum Gasteiger partial charge on any atom is 0.305 e. The Hall–Kier alpha value is -1.88. The van der Waals surface area contributed by atoms with Crippen molar-refractivity contribution >= 4 is 11.9 Å². The van der Waals surface area contributed by atoms with Gasteiger partial charge in [0.1, 0.15) is 5.72 Å². The molecule has 0 N–H and O–H groups in total. The molecule has 1 aromatic rings. The zero-order valence-electron chi connectivity index (χ0n) is 17.4. The minimum atomic E-state index is -0.655. The fourth-order valence-electron chi connectivity index (χ4n) is 4.03. The first-order chi connectivity index (χ1) is 12.7. The van der Waals surface area contributed by atoms with Crippen molar-refractivity contribution in [3.05, 3.63) is 35.9 Å². The molecule has 0 bridgehead atoms. The molecule has 27 heavy (non-hydrogen) atoms. The van der Waals surface area contributed by atoms with Crippen LogP contribution in [0.1, 0.15) is 46.6 Å². The van der Waals surface area contributed by atoms with Gasteiger partial charge in [-0.05, 0) is 37.7 Å². The van der Waals surface area contributed by atoms with Crippen LogP contribution in [0.4, 0.5) is 0 Å². The average Bonchev–Trinajstić information content (AvgIpc) is 2.92. The molecule has 0 spiro atoms. The molecular weight excluding hydrogens is 342 g/mol. The van der Waals surface area contributed by atoms with E-state index in [9.17, 15) is 9.59 Å². The molecular formula is C22H33NO4. The highest BCUT2D eigenvalue weighted by Gasteiger charge is 2.46. The smallest absolute Gasteiger partial charge is 0.305 e. The minimum absolute atomic E-state index is 0.0108. The van der Waals surface area contributed by atoms with Gasteiger partial charge in [-0.1, -0.05) is 51.1 Å². The van der Waals surface area contributed by atoms with E-state index in [2.05, 4.69) is 12.1 Å². The van der Waals surface area contributed by atoms with Crippen LogP contribution < -0.4 is 0 Å². The van der Waals surface area contributed by atoms with Gasteiger partial charge in [0, 0.05) is 12.3 Å². The Labute approximate surface area is 163 Å². The van der Waals surface area contributed by atoms with E-state index in [-0.39, 0.29) is 42.1 Å². The fourth-order valence-corrected chi connectivity index (χ4v) is 4.03. The number of carbonyl (C=O) groups excluding carboxylic acids is 2. The molecule has 3 atom stereocenters. The fraction of sp³-hybridized carbons (Fsp3) is 0.636. The van der Waals surface area contributed by atoms with Crippen molar-refractivity contribution in [2.45, 2.75) is 59.2 Å². The van der Waals surface area contributed by atoms with Crippen molar-refractivity contribution in [2.75, 3.05) is 13.7 Å². The molecule has 5 nitrogen and oxygen atoms in total. The number of hydrogen-bond donors (Lipinski definition) is 0. The Bertz CT molecular complexity index is 641. The number of nitrogens with zero attached hydrogens (tertiary/aromatic N) is 1. The third kappa shape index (κ3) is 5.10. The maximum atomic E-state index is 13.5. The van der Waals surface area contributed by atoms with Gasteiger partial charge in [-0.2, -0.15) is 0 Å². The van der Waals surface area contributed by atoms with E-state index in [1.54, 1.807) is 0 Å². The molecule has 0 unspecified atom stereocenters. The molecule has 0 aliphatic carbocycles. The second-order valence-corrected chi connectivity index (χ2v) is 8.29. The summed E-state index contributed by atoms with van der Waals surface area (Å²) in [5.74, 6) is -0.392. The molecule has 1 aromatic carbocycles. The van der Waals surface area contributed by atoms with Crippen molar-refractivity contribution < 1.29 is 19.1 Å². The number of rotatable bonds is 7. The summed E-state index contributed by atoms with van der Waals surface area (Å²) in [7, 11) is 1.39. The van der Waals surface area contributed by atoms with Gasteiger partial charge in [-0.3, -0.25) is 9.59 Å². The summed E-state index contributed by atoms with van der Waals surface area (Å²) in [5.41, 5.74) is 0.529. The second-order valence-electron chi connectivity index (χ2n) is 8.29. The summed E-state index contributed by atoms with van der Waals surface area (Å²) in [5, 5.41) is 0. The Morgan fingerprint density at radius 3 is 2.41 bits per heavy atom. The van der Waals surface area contributed by atoms with E-state index >= 15 is 0 Å². The Kier molecular flexibility index (Phi) is 7.04. The lowest BCUT2D eigenvalue weighted by molar-refractivity contribution is -0.153. The zero-order chi connectivity index (χ0) is 20.2. The molecule has 150 valence electrons. The summed E-state index contributed by atoms with van der Waals surface area (Å²) >= 11 is 0. The molecule has 5 heteroatoms. The lowest BCUT2D eigenvalue weighted by Crippen LogP contribution is -2.52. The number of hydrogen-bond acceptors (Lipinski definition) is 4. The molecule has 1 fully saturated rings. The van der Waals surface area contributed by atoms with Crippen LogP contribution in [-0.2, 0) is 25.5 Å². The molecule has 0 radical (unpaired) electrons. The first kappa shape index (κ1) is 21.4. The first-order valence-corrected chi connectivity index (χ1v) is 9.75. The molecule has 1 aliphatic heterocycles. The quantitative estimate of drug-likeness (QED) is 0.683. The van der Waals surface area contributed by atoms with Crippen molar-refractivity contribution in [1.29, 1.82) is 0 Å². The van der Waals surface area contributed by atoms with Gasteiger partial charge in [-0.15, -0.1) is 0 Å². The van der Waals surface area contributed by atoms with Gasteiger partial charge in [-0.25, -0.2) is 0 Å². The van der Waals surface area contributed by atoms with Crippen LogP contribution in [-0.4, -0.2) is 42.3 Å². The van der Waals surface area contributed by atoms with E-state index in [0.29, 0.717) is 6.61 Å². The van der Waals surface area contributed by atoms with Gasteiger partial charge in [0.25, 0.3) is 0 Å². The first-order valence-electron chi connectivity index (χ1n) is 9.75. The van der Waals surface area contributed by atoms with E-state index < -0.39 is 5.72 Å². The molecule has 1 heterocycles.